The largest absolute Gasteiger partial charge is 0.480 e. The Bertz CT molecular complexity index is 465. The van der Waals surface area contributed by atoms with E-state index >= 15 is 0 Å². The van der Waals surface area contributed by atoms with Crippen LogP contribution >= 0.6 is 0 Å². The van der Waals surface area contributed by atoms with Gasteiger partial charge in [0.15, 0.2) is 0 Å². The number of nitrogens with one attached hydrogen (secondary N) is 1. The maximum absolute atomic E-state index is 11.7. The summed E-state index contributed by atoms with van der Waals surface area (Å²) in [6, 6.07) is 10.1. The summed E-state index contributed by atoms with van der Waals surface area (Å²) in [5.74, 6) is -1.39. The fraction of sp³-hybridized carbons (Fsp3) is 0.357. The number of hydrogen-bond acceptors (Lipinski definition) is 3. The monoisotopic (exact) mass is 260 g/mol. The van der Waals surface area contributed by atoms with E-state index in [9.17, 15) is 9.59 Å². The number of nitrogens with zero attached hydrogens (tertiary/aromatic N) is 1. The van der Waals surface area contributed by atoms with Gasteiger partial charge in [-0.2, -0.15) is 5.26 Å². The van der Waals surface area contributed by atoms with Crippen molar-refractivity contribution in [2.75, 3.05) is 0 Å². The zero-order valence-corrected chi connectivity index (χ0v) is 10.5. The van der Waals surface area contributed by atoms with E-state index in [1.807, 2.05) is 36.4 Å². The highest BCUT2D eigenvalue weighted by atomic mass is 16.4. The molecule has 0 fully saturated rings. The summed E-state index contributed by atoms with van der Waals surface area (Å²) < 4.78 is 0. The van der Waals surface area contributed by atoms with Gasteiger partial charge in [0.1, 0.15) is 6.04 Å². The minimum atomic E-state index is -1.07. The third kappa shape index (κ3) is 5.68. The number of rotatable bonds is 7. The van der Waals surface area contributed by atoms with Crippen molar-refractivity contribution >= 4 is 11.9 Å². The molecule has 0 spiro atoms. The average molecular weight is 260 g/mol. The molecule has 0 saturated heterocycles. The Balaban J connectivity index is 2.47. The number of carboxylic acids is 1. The third-order valence-electron chi connectivity index (χ3n) is 2.62. The molecule has 1 rings (SSSR count). The summed E-state index contributed by atoms with van der Waals surface area (Å²) in [5.41, 5.74) is 0.834. The maximum Gasteiger partial charge on any atom is 0.326 e. The Kier molecular flexibility index (Phi) is 6.10. The molecular weight excluding hydrogens is 244 g/mol. The van der Waals surface area contributed by atoms with Crippen LogP contribution in [0.15, 0.2) is 30.3 Å². The molecule has 1 atom stereocenters. The van der Waals surface area contributed by atoms with Crippen LogP contribution in [0.5, 0.6) is 0 Å². The molecule has 5 heteroatoms. The van der Waals surface area contributed by atoms with Crippen molar-refractivity contribution in [2.45, 2.75) is 31.7 Å². The van der Waals surface area contributed by atoms with Crippen LogP contribution in [-0.4, -0.2) is 23.0 Å². The molecule has 100 valence electrons. The lowest BCUT2D eigenvalue weighted by Crippen LogP contribution is -2.41. The molecule has 1 aromatic rings. The molecule has 1 amide bonds. The van der Waals surface area contributed by atoms with Crippen LogP contribution in [0.4, 0.5) is 0 Å². The first-order chi connectivity index (χ1) is 9.13. The van der Waals surface area contributed by atoms with Gasteiger partial charge in [0.05, 0.1) is 12.5 Å². The van der Waals surface area contributed by atoms with Crippen LogP contribution in [0.3, 0.4) is 0 Å². The van der Waals surface area contributed by atoms with Gasteiger partial charge in [-0.3, -0.25) is 4.79 Å². The molecule has 0 radical (unpaired) electrons. The third-order valence-corrected chi connectivity index (χ3v) is 2.62. The van der Waals surface area contributed by atoms with E-state index in [0.29, 0.717) is 12.8 Å². The van der Waals surface area contributed by atoms with Crippen LogP contribution in [0.1, 0.15) is 24.8 Å². The summed E-state index contributed by atoms with van der Waals surface area (Å²) in [6.07, 6.45) is 1.17. The predicted molar refractivity (Wildman–Crippen MR) is 69.2 cm³/mol. The Morgan fingerprint density at radius 2 is 2.00 bits per heavy atom. The maximum atomic E-state index is 11.7. The zero-order valence-electron chi connectivity index (χ0n) is 10.5. The summed E-state index contributed by atoms with van der Waals surface area (Å²) in [4.78, 5) is 22.7. The highest BCUT2D eigenvalue weighted by Gasteiger charge is 2.19. The molecule has 0 saturated carbocycles. The van der Waals surface area contributed by atoms with Gasteiger partial charge in [0.2, 0.25) is 5.91 Å². The molecule has 0 aliphatic carbocycles. The number of carbonyl (C=O) groups excluding carboxylic acids is 1. The van der Waals surface area contributed by atoms with E-state index in [4.69, 9.17) is 10.4 Å². The van der Waals surface area contributed by atoms with Crippen molar-refractivity contribution in [1.29, 1.82) is 5.26 Å². The first kappa shape index (κ1) is 14.7. The molecule has 0 aliphatic heterocycles. The van der Waals surface area contributed by atoms with Gasteiger partial charge >= 0.3 is 5.97 Å². The molecular formula is C14H16N2O3. The summed E-state index contributed by atoms with van der Waals surface area (Å²) in [5, 5.41) is 19.9. The van der Waals surface area contributed by atoms with Gasteiger partial charge in [0.25, 0.3) is 0 Å². The van der Waals surface area contributed by atoms with Crippen molar-refractivity contribution in [2.24, 2.45) is 0 Å². The van der Waals surface area contributed by atoms with Gasteiger partial charge in [-0.05, 0) is 18.4 Å². The molecule has 2 N–H and O–H groups in total. The molecule has 5 nitrogen and oxygen atoms in total. The number of amides is 1. The zero-order chi connectivity index (χ0) is 14.1. The Morgan fingerprint density at radius 3 is 2.58 bits per heavy atom. The topological polar surface area (TPSA) is 90.2 Å². The highest BCUT2D eigenvalue weighted by molar-refractivity contribution is 5.84. The first-order valence-electron chi connectivity index (χ1n) is 6.06. The normalized spacial score (nSPS) is 11.3. The summed E-state index contributed by atoms with van der Waals surface area (Å²) in [7, 11) is 0. The minimum Gasteiger partial charge on any atom is -0.480 e. The molecule has 0 unspecified atom stereocenters. The van der Waals surface area contributed by atoms with E-state index in [1.165, 1.54) is 0 Å². The van der Waals surface area contributed by atoms with Gasteiger partial charge in [0, 0.05) is 6.42 Å². The second kappa shape index (κ2) is 7.88. The fourth-order valence-corrected chi connectivity index (χ4v) is 1.67. The highest BCUT2D eigenvalue weighted by Crippen LogP contribution is 2.03. The number of unbranched alkanes of at least 4 members (excludes halogenated alkanes) is 1. The van der Waals surface area contributed by atoms with E-state index in [0.717, 1.165) is 5.56 Å². The van der Waals surface area contributed by atoms with Crippen LogP contribution in [0.25, 0.3) is 0 Å². The van der Waals surface area contributed by atoms with E-state index < -0.39 is 12.0 Å². The molecule has 0 aromatic heterocycles. The number of aliphatic carboxylic acids is 1. The summed E-state index contributed by atoms with van der Waals surface area (Å²) >= 11 is 0. The quantitative estimate of drug-likeness (QED) is 0.727. The van der Waals surface area contributed by atoms with E-state index in [1.54, 1.807) is 0 Å². The second-order valence-electron chi connectivity index (χ2n) is 4.17. The van der Waals surface area contributed by atoms with Crippen LogP contribution in [-0.2, 0) is 16.0 Å². The smallest absolute Gasteiger partial charge is 0.326 e. The molecule has 1 aromatic carbocycles. The average Bonchev–Trinajstić information content (AvgIpc) is 2.38. The molecule has 0 heterocycles. The SMILES string of the molecule is N#CCCC[C@H](NC(=O)Cc1ccccc1)C(=O)O. The number of carboxylic acid groups (broad SMARTS) is 1. The lowest BCUT2D eigenvalue weighted by atomic mass is 10.1. The van der Waals surface area contributed by atoms with Gasteiger partial charge < -0.3 is 10.4 Å². The molecule has 0 bridgehead atoms. The van der Waals surface area contributed by atoms with E-state index in [2.05, 4.69) is 5.32 Å². The number of hydrogen-bond donors (Lipinski definition) is 2. The predicted octanol–water partition coefficient (Wildman–Crippen LogP) is 1.49. The van der Waals surface area contributed by atoms with E-state index in [-0.39, 0.29) is 18.7 Å². The van der Waals surface area contributed by atoms with Crippen molar-refractivity contribution in [1.82, 2.24) is 5.32 Å². The Hall–Kier alpha value is -2.35. The standard InChI is InChI=1S/C14H16N2O3/c15-9-5-4-8-12(14(18)19)16-13(17)10-11-6-2-1-3-7-11/h1-3,6-7,12H,4-5,8,10H2,(H,16,17)(H,18,19)/t12-/m0/s1. The van der Waals surface area contributed by atoms with Crippen LogP contribution < -0.4 is 5.32 Å². The van der Waals surface area contributed by atoms with Crippen LogP contribution in [0.2, 0.25) is 0 Å². The molecule has 19 heavy (non-hydrogen) atoms. The van der Waals surface area contributed by atoms with Gasteiger partial charge in [-0.25, -0.2) is 4.79 Å². The van der Waals surface area contributed by atoms with Gasteiger partial charge in [-0.1, -0.05) is 30.3 Å². The number of benzene rings is 1. The Labute approximate surface area is 111 Å². The first-order valence-corrected chi connectivity index (χ1v) is 6.06. The van der Waals surface area contributed by atoms with Crippen molar-refractivity contribution in [3.63, 3.8) is 0 Å². The van der Waals surface area contributed by atoms with Crippen molar-refractivity contribution in [3.05, 3.63) is 35.9 Å². The number of nitriles is 1. The van der Waals surface area contributed by atoms with Crippen molar-refractivity contribution in [3.8, 4) is 6.07 Å². The Morgan fingerprint density at radius 1 is 1.32 bits per heavy atom. The summed E-state index contributed by atoms with van der Waals surface area (Å²) in [6.45, 7) is 0. The second-order valence-corrected chi connectivity index (χ2v) is 4.17. The fourth-order valence-electron chi connectivity index (χ4n) is 1.67. The van der Waals surface area contributed by atoms with Crippen LogP contribution in [0, 0.1) is 11.3 Å². The minimum absolute atomic E-state index is 0.156. The van der Waals surface area contributed by atoms with Crippen molar-refractivity contribution < 1.29 is 14.7 Å². The van der Waals surface area contributed by atoms with Gasteiger partial charge in [-0.15, -0.1) is 0 Å². The number of carbonyl (C=O) groups is 2. The lowest BCUT2D eigenvalue weighted by Gasteiger charge is -2.13. The lowest BCUT2D eigenvalue weighted by molar-refractivity contribution is -0.141. The molecule has 0 aliphatic rings.